The van der Waals surface area contributed by atoms with Crippen LogP contribution in [0.4, 0.5) is 5.69 Å². The lowest BCUT2D eigenvalue weighted by molar-refractivity contribution is 0.480. The molecule has 2 nitrogen and oxygen atoms in total. The fraction of sp³-hybridized carbons (Fsp3) is 0.217. The predicted molar refractivity (Wildman–Crippen MR) is 108 cm³/mol. The van der Waals surface area contributed by atoms with Gasteiger partial charge in [-0.25, -0.2) is 0 Å². The first kappa shape index (κ1) is 18.6. The molecule has 0 aromatic heterocycles. The van der Waals surface area contributed by atoms with Crippen LogP contribution < -0.4 is 5.73 Å². The summed E-state index contributed by atoms with van der Waals surface area (Å²) in [7, 11) is 0. The lowest BCUT2D eigenvalue weighted by Crippen LogP contribution is -2.10. The number of phenols is 1. The van der Waals surface area contributed by atoms with Gasteiger partial charge in [0.05, 0.1) is 5.69 Å². The van der Waals surface area contributed by atoms with Gasteiger partial charge in [0.1, 0.15) is 5.75 Å². The number of rotatable bonds is 1. The molecule has 0 aliphatic heterocycles. The van der Waals surface area contributed by atoms with Gasteiger partial charge in [-0.3, -0.25) is 0 Å². The maximum absolute atomic E-state index is 10.0. The van der Waals surface area contributed by atoms with Crippen LogP contribution in [-0.2, 0) is 5.41 Å². The molecule has 130 valence electrons. The fourth-order valence-electron chi connectivity index (χ4n) is 2.48. The molecule has 0 aliphatic carbocycles. The highest BCUT2D eigenvalue weighted by atomic mass is 16.3. The van der Waals surface area contributed by atoms with Crippen molar-refractivity contribution >= 4 is 5.69 Å². The molecule has 3 N–H and O–H groups in total. The molecule has 25 heavy (non-hydrogen) atoms. The van der Waals surface area contributed by atoms with Gasteiger partial charge in [-0.15, -0.1) is 0 Å². The van der Waals surface area contributed by atoms with Gasteiger partial charge < -0.3 is 10.8 Å². The summed E-state index contributed by atoms with van der Waals surface area (Å²) in [6.45, 7) is 8.60. The SMILES string of the molecule is CC(C)(C)c1cccc(-c2cccc(N)c2O)c1.Cc1ccccc1. The fourth-order valence-corrected chi connectivity index (χ4v) is 2.48. The first-order valence-corrected chi connectivity index (χ1v) is 8.49. The third kappa shape index (κ3) is 5.12. The first-order chi connectivity index (χ1) is 11.8. The summed E-state index contributed by atoms with van der Waals surface area (Å²) in [4.78, 5) is 0. The molecule has 0 atom stereocenters. The topological polar surface area (TPSA) is 46.2 Å². The number of para-hydroxylation sites is 1. The number of aromatic hydroxyl groups is 1. The normalized spacial score (nSPS) is 10.7. The van der Waals surface area contributed by atoms with Crippen LogP contribution in [0.1, 0.15) is 31.9 Å². The number of aryl methyl sites for hydroxylation is 1. The van der Waals surface area contributed by atoms with Gasteiger partial charge in [0.2, 0.25) is 0 Å². The maximum Gasteiger partial charge on any atom is 0.146 e. The van der Waals surface area contributed by atoms with E-state index in [0.717, 1.165) is 11.1 Å². The van der Waals surface area contributed by atoms with Crippen LogP contribution in [0.3, 0.4) is 0 Å². The number of anilines is 1. The third-order valence-electron chi connectivity index (χ3n) is 4.05. The van der Waals surface area contributed by atoms with Gasteiger partial charge >= 0.3 is 0 Å². The Morgan fingerprint density at radius 3 is 2.00 bits per heavy atom. The highest BCUT2D eigenvalue weighted by Gasteiger charge is 2.15. The Morgan fingerprint density at radius 2 is 1.44 bits per heavy atom. The lowest BCUT2D eigenvalue weighted by Gasteiger charge is -2.20. The van der Waals surface area contributed by atoms with Crippen LogP contribution in [-0.4, -0.2) is 5.11 Å². The highest BCUT2D eigenvalue weighted by molar-refractivity contribution is 5.77. The van der Waals surface area contributed by atoms with Crippen molar-refractivity contribution in [1.29, 1.82) is 0 Å². The van der Waals surface area contributed by atoms with Crippen LogP contribution >= 0.6 is 0 Å². The zero-order valence-corrected chi connectivity index (χ0v) is 15.5. The molecule has 0 bridgehead atoms. The second-order valence-electron chi connectivity index (χ2n) is 7.23. The van der Waals surface area contributed by atoms with Crippen molar-refractivity contribution in [3.63, 3.8) is 0 Å². The summed E-state index contributed by atoms with van der Waals surface area (Å²) in [6, 6.07) is 23.9. The summed E-state index contributed by atoms with van der Waals surface area (Å²) in [6.07, 6.45) is 0. The Kier molecular flexibility index (Phi) is 5.87. The van der Waals surface area contributed by atoms with Crippen molar-refractivity contribution in [3.8, 4) is 16.9 Å². The Labute approximate surface area is 151 Å². The van der Waals surface area contributed by atoms with Crippen LogP contribution in [0.25, 0.3) is 11.1 Å². The number of hydrogen-bond acceptors (Lipinski definition) is 2. The van der Waals surface area contributed by atoms with E-state index in [9.17, 15) is 5.11 Å². The van der Waals surface area contributed by atoms with Gasteiger partial charge in [0.15, 0.2) is 0 Å². The molecule has 0 radical (unpaired) electrons. The number of hydrogen-bond donors (Lipinski definition) is 2. The number of phenolic OH excluding ortho intramolecular Hbond substituents is 1. The van der Waals surface area contributed by atoms with Crippen molar-refractivity contribution in [1.82, 2.24) is 0 Å². The van der Waals surface area contributed by atoms with Gasteiger partial charge in [-0.2, -0.15) is 0 Å². The second kappa shape index (κ2) is 7.89. The van der Waals surface area contributed by atoms with Crippen LogP contribution in [0, 0.1) is 6.92 Å². The Hall–Kier alpha value is -2.74. The number of benzene rings is 3. The molecule has 0 fully saturated rings. The summed E-state index contributed by atoms with van der Waals surface area (Å²) in [5.41, 5.74) is 10.6. The van der Waals surface area contributed by atoms with Crippen LogP contribution in [0.15, 0.2) is 72.8 Å². The summed E-state index contributed by atoms with van der Waals surface area (Å²) in [5.74, 6) is 0.156. The average molecular weight is 333 g/mol. The molecule has 0 unspecified atom stereocenters. The van der Waals surface area contributed by atoms with Crippen molar-refractivity contribution in [3.05, 3.63) is 83.9 Å². The third-order valence-corrected chi connectivity index (χ3v) is 4.05. The van der Waals surface area contributed by atoms with E-state index in [-0.39, 0.29) is 11.2 Å². The average Bonchev–Trinajstić information content (AvgIpc) is 2.58. The van der Waals surface area contributed by atoms with E-state index in [2.05, 4.69) is 52.0 Å². The molecule has 0 aliphatic rings. The minimum absolute atomic E-state index is 0.0892. The molecule has 0 amide bonds. The summed E-state index contributed by atoms with van der Waals surface area (Å²) < 4.78 is 0. The van der Waals surface area contributed by atoms with E-state index in [1.54, 1.807) is 6.07 Å². The van der Waals surface area contributed by atoms with Crippen LogP contribution in [0.5, 0.6) is 5.75 Å². The zero-order valence-electron chi connectivity index (χ0n) is 15.5. The second-order valence-corrected chi connectivity index (χ2v) is 7.23. The van der Waals surface area contributed by atoms with E-state index >= 15 is 0 Å². The van der Waals surface area contributed by atoms with Crippen molar-refractivity contribution in [2.45, 2.75) is 33.1 Å². The van der Waals surface area contributed by atoms with E-state index < -0.39 is 0 Å². The Bertz CT molecular complexity index is 817. The molecule has 3 rings (SSSR count). The van der Waals surface area contributed by atoms with E-state index in [0.29, 0.717) is 5.69 Å². The molecular weight excluding hydrogens is 306 g/mol. The van der Waals surface area contributed by atoms with Gasteiger partial charge in [0.25, 0.3) is 0 Å². The van der Waals surface area contributed by atoms with Crippen molar-refractivity contribution < 1.29 is 5.11 Å². The smallest absolute Gasteiger partial charge is 0.146 e. The van der Waals surface area contributed by atoms with E-state index in [1.165, 1.54) is 11.1 Å². The number of nitrogens with two attached hydrogens (primary N) is 1. The standard InChI is InChI=1S/C16H19NO.C7H8/c1-16(2,3)12-7-4-6-11(10-12)13-8-5-9-14(17)15(13)18;1-7-5-3-2-4-6-7/h4-10,18H,17H2,1-3H3;2-6H,1H3. The monoisotopic (exact) mass is 333 g/mol. The van der Waals surface area contributed by atoms with Gasteiger partial charge in [0, 0.05) is 5.56 Å². The summed E-state index contributed by atoms with van der Waals surface area (Å²) in [5, 5.41) is 10.0. The molecule has 3 aromatic carbocycles. The largest absolute Gasteiger partial charge is 0.505 e. The molecule has 0 saturated heterocycles. The Balaban J connectivity index is 0.000000269. The lowest BCUT2D eigenvalue weighted by atomic mass is 9.85. The maximum atomic E-state index is 10.0. The molecule has 0 heterocycles. The number of nitrogen functional groups attached to an aromatic ring is 1. The van der Waals surface area contributed by atoms with Crippen LogP contribution in [0.2, 0.25) is 0 Å². The van der Waals surface area contributed by atoms with Crippen molar-refractivity contribution in [2.75, 3.05) is 5.73 Å². The van der Waals surface area contributed by atoms with E-state index in [1.807, 2.05) is 42.5 Å². The quantitative estimate of drug-likeness (QED) is 0.428. The first-order valence-electron chi connectivity index (χ1n) is 8.49. The molecule has 0 saturated carbocycles. The van der Waals surface area contributed by atoms with Crippen molar-refractivity contribution in [2.24, 2.45) is 0 Å². The predicted octanol–water partition coefficient (Wildman–Crippen LogP) is 5.93. The molecule has 0 spiro atoms. The van der Waals surface area contributed by atoms with Gasteiger partial charge in [-0.05, 0) is 29.5 Å². The molecule has 3 aromatic rings. The molecular formula is C23H27NO. The Morgan fingerprint density at radius 1 is 0.800 bits per heavy atom. The van der Waals surface area contributed by atoms with E-state index in [4.69, 9.17) is 5.73 Å². The minimum Gasteiger partial charge on any atom is -0.505 e. The zero-order chi connectivity index (χ0) is 18.4. The van der Waals surface area contributed by atoms with Gasteiger partial charge in [-0.1, -0.05) is 93.1 Å². The highest BCUT2D eigenvalue weighted by Crippen LogP contribution is 2.35. The summed E-state index contributed by atoms with van der Waals surface area (Å²) >= 11 is 0. The molecule has 2 heteroatoms. The minimum atomic E-state index is 0.0892.